The molecule has 0 saturated heterocycles. The maximum atomic E-state index is 12.2. The van der Waals surface area contributed by atoms with Crippen LogP contribution in [0.3, 0.4) is 0 Å². The zero-order chi connectivity index (χ0) is 13.8. The molecular weight excluding hydrogens is 349 g/mol. The van der Waals surface area contributed by atoms with E-state index in [1.54, 1.807) is 12.3 Å². The van der Waals surface area contributed by atoms with Crippen LogP contribution in [0, 0.1) is 0 Å². The van der Waals surface area contributed by atoms with E-state index in [1.165, 1.54) is 23.9 Å². The Labute approximate surface area is 120 Å². The number of carbonyl (C=O) groups excluding carboxylic acids is 1. The van der Waals surface area contributed by atoms with Gasteiger partial charge in [0.15, 0.2) is 0 Å². The van der Waals surface area contributed by atoms with E-state index in [0.717, 1.165) is 5.56 Å². The highest BCUT2D eigenvalue weighted by Crippen LogP contribution is 2.38. The molecule has 0 amide bonds. The van der Waals surface area contributed by atoms with Gasteiger partial charge in [0.2, 0.25) is 0 Å². The molecule has 1 nitrogen and oxygen atoms in total. The summed E-state index contributed by atoms with van der Waals surface area (Å²) >= 11 is 4.26. The molecule has 1 aromatic rings. The van der Waals surface area contributed by atoms with Crippen molar-refractivity contribution >= 4 is 45.2 Å². The van der Waals surface area contributed by atoms with E-state index in [1.807, 2.05) is 0 Å². The summed E-state index contributed by atoms with van der Waals surface area (Å²) in [6, 6.07) is 4.45. The lowest BCUT2D eigenvalue weighted by Crippen LogP contribution is -2.05. The first-order valence-corrected chi connectivity index (χ1v) is 8.02. The summed E-state index contributed by atoms with van der Waals surface area (Å²) in [5.41, 5.74) is -3.53. The number of benzene rings is 1. The van der Waals surface area contributed by atoms with Crippen LogP contribution in [0.25, 0.3) is 0 Å². The molecule has 0 aliphatic carbocycles. The maximum Gasteiger partial charge on any atom is 0.446 e. The maximum absolute atomic E-state index is 12.2. The molecule has 0 fully saturated rings. The van der Waals surface area contributed by atoms with Gasteiger partial charge in [-0.15, -0.1) is 11.8 Å². The summed E-state index contributed by atoms with van der Waals surface area (Å²) in [4.78, 5) is 12.2. The minimum Gasteiger partial charge on any atom is -0.298 e. The molecule has 0 bridgehead atoms. The predicted molar refractivity (Wildman–Crippen MR) is 72.6 cm³/mol. The smallest absolute Gasteiger partial charge is 0.298 e. The zero-order valence-corrected chi connectivity index (χ0v) is 12.6. The summed E-state index contributed by atoms with van der Waals surface area (Å²) in [5.74, 6) is 0.00141. The number of hydrogen-bond acceptors (Lipinski definition) is 3. The van der Waals surface area contributed by atoms with Gasteiger partial charge in [0, 0.05) is 16.2 Å². The third kappa shape index (κ3) is 5.24. The Morgan fingerprint density at radius 2 is 2.06 bits per heavy atom. The topological polar surface area (TPSA) is 17.1 Å². The highest BCUT2D eigenvalue weighted by molar-refractivity contribution is 9.09. The number of ketones is 1. The van der Waals surface area contributed by atoms with Gasteiger partial charge in [0.1, 0.15) is 5.78 Å². The van der Waals surface area contributed by atoms with E-state index in [2.05, 4.69) is 15.9 Å². The van der Waals surface area contributed by atoms with Crippen molar-refractivity contribution in [3.05, 3.63) is 23.8 Å². The number of hydrogen-bond donors (Lipinski definition) is 0. The SMILES string of the molecule is CSc1cc(SC(F)(F)F)ccc1CC(=O)CBr. The molecule has 0 atom stereocenters. The van der Waals surface area contributed by atoms with Crippen molar-refractivity contribution in [3.8, 4) is 0 Å². The number of carbonyl (C=O) groups is 1. The van der Waals surface area contributed by atoms with Crippen molar-refractivity contribution in [2.24, 2.45) is 0 Å². The highest BCUT2D eigenvalue weighted by Gasteiger charge is 2.29. The number of halogens is 4. The standard InChI is InChI=1S/C11H10BrF3OS2/c1-17-10-5-9(18-11(13,14)15)3-2-7(10)4-8(16)6-12/h2-3,5H,4,6H2,1H3. The van der Waals surface area contributed by atoms with Gasteiger partial charge >= 0.3 is 5.51 Å². The van der Waals surface area contributed by atoms with Crippen LogP contribution in [-0.2, 0) is 11.2 Å². The summed E-state index contributed by atoms with van der Waals surface area (Å²) in [6.45, 7) is 0. The van der Waals surface area contributed by atoms with Crippen LogP contribution in [0.15, 0.2) is 28.0 Å². The zero-order valence-electron chi connectivity index (χ0n) is 9.38. The van der Waals surface area contributed by atoms with Gasteiger partial charge in [-0.1, -0.05) is 22.0 Å². The van der Waals surface area contributed by atoms with Crippen molar-refractivity contribution < 1.29 is 18.0 Å². The predicted octanol–water partition coefficient (Wildman–Crippen LogP) is 4.53. The van der Waals surface area contributed by atoms with Crippen LogP contribution in [-0.4, -0.2) is 22.9 Å². The molecule has 100 valence electrons. The second kappa shape index (κ2) is 6.86. The lowest BCUT2D eigenvalue weighted by atomic mass is 10.1. The fraction of sp³-hybridized carbons (Fsp3) is 0.364. The van der Waals surface area contributed by atoms with Gasteiger partial charge in [-0.05, 0) is 35.7 Å². The van der Waals surface area contributed by atoms with Crippen molar-refractivity contribution in [1.82, 2.24) is 0 Å². The number of thioether (sulfide) groups is 2. The fourth-order valence-corrected chi connectivity index (χ4v) is 2.83. The average Bonchev–Trinajstić information content (AvgIpc) is 2.28. The van der Waals surface area contributed by atoms with Gasteiger partial charge in [-0.2, -0.15) is 13.2 Å². The van der Waals surface area contributed by atoms with Gasteiger partial charge in [-0.25, -0.2) is 0 Å². The summed E-state index contributed by atoms with van der Waals surface area (Å²) < 4.78 is 36.7. The molecular formula is C11H10BrF3OS2. The van der Waals surface area contributed by atoms with Gasteiger partial charge in [0.25, 0.3) is 0 Å². The van der Waals surface area contributed by atoms with E-state index >= 15 is 0 Å². The molecule has 1 aromatic carbocycles. The minimum atomic E-state index is -4.29. The molecule has 0 unspecified atom stereocenters. The Morgan fingerprint density at radius 3 is 2.56 bits per heavy atom. The Kier molecular flexibility index (Phi) is 6.07. The molecule has 0 aliphatic rings. The second-order valence-electron chi connectivity index (χ2n) is 3.37. The van der Waals surface area contributed by atoms with Gasteiger partial charge in [-0.3, -0.25) is 4.79 Å². The molecule has 0 spiro atoms. The summed E-state index contributed by atoms with van der Waals surface area (Å²) in [6.07, 6.45) is 2.01. The van der Waals surface area contributed by atoms with Crippen molar-refractivity contribution in [3.63, 3.8) is 0 Å². The van der Waals surface area contributed by atoms with Crippen LogP contribution < -0.4 is 0 Å². The van der Waals surface area contributed by atoms with Gasteiger partial charge in [0.05, 0.1) is 5.33 Å². The van der Waals surface area contributed by atoms with E-state index in [-0.39, 0.29) is 34.2 Å². The van der Waals surface area contributed by atoms with Crippen LogP contribution in [0.2, 0.25) is 0 Å². The third-order valence-electron chi connectivity index (χ3n) is 2.03. The fourth-order valence-electron chi connectivity index (χ4n) is 1.33. The van der Waals surface area contributed by atoms with Crippen molar-refractivity contribution in [1.29, 1.82) is 0 Å². The van der Waals surface area contributed by atoms with Crippen LogP contribution in [0.5, 0.6) is 0 Å². The Balaban J connectivity index is 2.93. The monoisotopic (exact) mass is 358 g/mol. The molecule has 0 saturated carbocycles. The highest BCUT2D eigenvalue weighted by atomic mass is 79.9. The van der Waals surface area contributed by atoms with Crippen LogP contribution in [0.1, 0.15) is 5.56 Å². The first-order chi connectivity index (χ1) is 8.35. The third-order valence-corrected chi connectivity index (χ3v) is 4.20. The summed E-state index contributed by atoms with van der Waals surface area (Å²) in [7, 11) is 0. The number of alkyl halides is 4. The normalized spacial score (nSPS) is 11.6. The molecule has 18 heavy (non-hydrogen) atoms. The van der Waals surface area contributed by atoms with Crippen molar-refractivity contribution in [2.75, 3.05) is 11.6 Å². The largest absolute Gasteiger partial charge is 0.446 e. The minimum absolute atomic E-state index is 0.00141. The van der Waals surface area contributed by atoms with Gasteiger partial charge < -0.3 is 0 Å². The molecule has 1 rings (SSSR count). The Morgan fingerprint density at radius 1 is 1.39 bits per heavy atom. The Hall–Kier alpha value is -0.140. The van der Waals surface area contributed by atoms with E-state index in [4.69, 9.17) is 0 Å². The quantitative estimate of drug-likeness (QED) is 0.568. The molecule has 0 heterocycles. The Bertz CT molecular complexity index is 435. The van der Waals surface area contributed by atoms with E-state index < -0.39 is 5.51 Å². The molecule has 7 heteroatoms. The number of rotatable bonds is 5. The van der Waals surface area contributed by atoms with E-state index in [0.29, 0.717) is 4.90 Å². The number of Topliss-reactive ketones (excluding diaryl/α,β-unsaturated/α-hetero) is 1. The van der Waals surface area contributed by atoms with E-state index in [9.17, 15) is 18.0 Å². The first-order valence-electron chi connectivity index (χ1n) is 4.86. The first kappa shape index (κ1) is 15.9. The average molecular weight is 359 g/mol. The van der Waals surface area contributed by atoms with Crippen molar-refractivity contribution in [2.45, 2.75) is 21.7 Å². The lowest BCUT2D eigenvalue weighted by molar-refractivity contribution is -0.115. The molecule has 0 aliphatic heterocycles. The molecule has 0 N–H and O–H groups in total. The van der Waals surface area contributed by atoms with Crippen LogP contribution in [0.4, 0.5) is 13.2 Å². The second-order valence-corrected chi connectivity index (χ2v) is 5.92. The lowest BCUT2D eigenvalue weighted by Gasteiger charge is -2.10. The summed E-state index contributed by atoms with van der Waals surface area (Å²) in [5, 5.41) is 0.250. The molecule has 0 radical (unpaired) electrons. The molecule has 0 aromatic heterocycles. The van der Waals surface area contributed by atoms with Crippen LogP contribution >= 0.6 is 39.5 Å².